The van der Waals surface area contributed by atoms with Crippen molar-refractivity contribution >= 4 is 0 Å². The molecule has 134 valence electrons. The first-order valence-electron chi connectivity index (χ1n) is 8.47. The summed E-state index contributed by atoms with van der Waals surface area (Å²) < 4.78 is 33.7. The molecule has 0 amide bonds. The van der Waals surface area contributed by atoms with E-state index in [0.29, 0.717) is 24.6 Å². The van der Waals surface area contributed by atoms with Gasteiger partial charge in [-0.3, -0.25) is 0 Å². The van der Waals surface area contributed by atoms with Crippen molar-refractivity contribution in [1.29, 1.82) is 0 Å². The Kier molecular flexibility index (Phi) is 4.49. The fraction of sp³-hybridized carbons (Fsp3) is 0.529. The van der Waals surface area contributed by atoms with Crippen molar-refractivity contribution < 1.29 is 18.6 Å². The molecule has 3 atom stereocenters. The van der Waals surface area contributed by atoms with E-state index in [1.807, 2.05) is 6.20 Å². The molecule has 4 rings (SSSR count). The molecule has 1 aliphatic carbocycles. The van der Waals surface area contributed by atoms with E-state index in [9.17, 15) is 13.9 Å². The van der Waals surface area contributed by atoms with E-state index in [1.54, 1.807) is 4.68 Å². The Morgan fingerprint density at radius 1 is 1.28 bits per heavy atom. The lowest BCUT2D eigenvalue weighted by Crippen LogP contribution is -2.45. The van der Waals surface area contributed by atoms with Crippen molar-refractivity contribution in [3.63, 3.8) is 0 Å². The SMILES string of the molecule is O[C@H]1CO[C@H](Cn2cc(C3CC3)nn2)[C@@H]1NCc1ccc(F)c(F)c1. The van der Waals surface area contributed by atoms with Gasteiger partial charge in [-0.05, 0) is 30.5 Å². The van der Waals surface area contributed by atoms with Gasteiger partial charge in [0, 0.05) is 18.7 Å². The van der Waals surface area contributed by atoms with Gasteiger partial charge in [0.1, 0.15) is 0 Å². The number of aliphatic hydroxyl groups is 1. The highest BCUT2D eigenvalue weighted by molar-refractivity contribution is 5.18. The third-order valence-electron chi connectivity index (χ3n) is 4.74. The largest absolute Gasteiger partial charge is 0.389 e. The maximum absolute atomic E-state index is 13.3. The summed E-state index contributed by atoms with van der Waals surface area (Å²) in [6.45, 7) is 1.01. The van der Waals surface area contributed by atoms with Gasteiger partial charge in [0.15, 0.2) is 11.6 Å². The lowest BCUT2D eigenvalue weighted by atomic mass is 10.1. The van der Waals surface area contributed by atoms with E-state index in [0.717, 1.165) is 30.7 Å². The van der Waals surface area contributed by atoms with Crippen LogP contribution < -0.4 is 5.32 Å². The molecule has 1 saturated carbocycles. The molecule has 1 aromatic heterocycles. The van der Waals surface area contributed by atoms with Crippen LogP contribution in [-0.4, -0.2) is 45.0 Å². The van der Waals surface area contributed by atoms with Crippen LogP contribution in [0.3, 0.4) is 0 Å². The Hall–Kier alpha value is -1.90. The van der Waals surface area contributed by atoms with Crippen LogP contribution in [0.4, 0.5) is 8.78 Å². The highest BCUT2D eigenvalue weighted by Gasteiger charge is 2.36. The smallest absolute Gasteiger partial charge is 0.159 e. The molecule has 1 aromatic carbocycles. The minimum absolute atomic E-state index is 0.226. The molecular formula is C17H20F2N4O2. The second kappa shape index (κ2) is 6.78. The highest BCUT2D eigenvalue weighted by atomic mass is 19.2. The van der Waals surface area contributed by atoms with E-state index < -0.39 is 17.7 Å². The highest BCUT2D eigenvalue weighted by Crippen LogP contribution is 2.38. The molecule has 0 spiro atoms. The molecular weight excluding hydrogens is 330 g/mol. The summed E-state index contributed by atoms with van der Waals surface area (Å²) in [5.41, 5.74) is 1.61. The van der Waals surface area contributed by atoms with Gasteiger partial charge >= 0.3 is 0 Å². The Labute approximate surface area is 143 Å². The van der Waals surface area contributed by atoms with Crippen LogP contribution in [0.5, 0.6) is 0 Å². The molecule has 25 heavy (non-hydrogen) atoms. The molecule has 2 heterocycles. The van der Waals surface area contributed by atoms with E-state index in [1.165, 1.54) is 6.07 Å². The molecule has 0 bridgehead atoms. The molecule has 0 radical (unpaired) electrons. The standard InChI is InChI=1S/C17H20F2N4O2/c18-12-4-1-10(5-13(12)19)6-20-17-15(24)9-25-16(17)8-23-7-14(21-22-23)11-2-3-11/h1,4-5,7,11,15-17,20,24H,2-3,6,8-9H2/t15-,16+,17+/m0/s1. The summed E-state index contributed by atoms with van der Waals surface area (Å²) in [7, 11) is 0. The molecule has 2 N–H and O–H groups in total. The molecule has 1 aliphatic heterocycles. The number of halogens is 2. The summed E-state index contributed by atoms with van der Waals surface area (Å²) >= 11 is 0. The van der Waals surface area contributed by atoms with Gasteiger partial charge < -0.3 is 15.2 Å². The van der Waals surface area contributed by atoms with Gasteiger partial charge in [0.05, 0.1) is 37.1 Å². The second-order valence-corrected chi connectivity index (χ2v) is 6.73. The number of nitrogens with one attached hydrogen (secondary N) is 1. The van der Waals surface area contributed by atoms with Gasteiger partial charge in [0.2, 0.25) is 0 Å². The van der Waals surface area contributed by atoms with Crippen molar-refractivity contribution in [1.82, 2.24) is 20.3 Å². The van der Waals surface area contributed by atoms with Crippen LogP contribution in [0.2, 0.25) is 0 Å². The third-order valence-corrected chi connectivity index (χ3v) is 4.74. The summed E-state index contributed by atoms with van der Waals surface area (Å²) in [5.74, 6) is -1.22. The first kappa shape index (κ1) is 16.6. The lowest BCUT2D eigenvalue weighted by molar-refractivity contribution is 0.0741. The zero-order valence-corrected chi connectivity index (χ0v) is 13.6. The molecule has 2 aliphatic rings. The second-order valence-electron chi connectivity index (χ2n) is 6.73. The van der Waals surface area contributed by atoms with E-state index in [-0.39, 0.29) is 18.8 Å². The van der Waals surface area contributed by atoms with Crippen molar-refractivity contribution in [2.45, 2.75) is 50.1 Å². The van der Waals surface area contributed by atoms with Gasteiger partial charge in [-0.15, -0.1) is 5.10 Å². The minimum atomic E-state index is -0.880. The summed E-state index contributed by atoms with van der Waals surface area (Å²) in [4.78, 5) is 0. The molecule has 8 heteroatoms. The first-order chi connectivity index (χ1) is 12.1. The predicted octanol–water partition coefficient (Wildman–Crippen LogP) is 1.35. The van der Waals surface area contributed by atoms with Gasteiger partial charge in [-0.2, -0.15) is 0 Å². The van der Waals surface area contributed by atoms with Crippen LogP contribution in [0.25, 0.3) is 0 Å². The first-order valence-corrected chi connectivity index (χ1v) is 8.47. The van der Waals surface area contributed by atoms with Gasteiger partial charge in [-0.25, -0.2) is 13.5 Å². The molecule has 2 aromatic rings. The minimum Gasteiger partial charge on any atom is -0.389 e. The number of nitrogens with zero attached hydrogens (tertiary/aromatic N) is 3. The number of hydrogen-bond donors (Lipinski definition) is 2. The van der Waals surface area contributed by atoms with Crippen LogP contribution in [0, 0.1) is 11.6 Å². The monoisotopic (exact) mass is 350 g/mol. The zero-order valence-electron chi connectivity index (χ0n) is 13.6. The molecule has 6 nitrogen and oxygen atoms in total. The fourth-order valence-electron chi connectivity index (χ4n) is 3.15. The maximum atomic E-state index is 13.3. The zero-order chi connectivity index (χ0) is 17.4. The number of hydrogen-bond acceptors (Lipinski definition) is 5. The Morgan fingerprint density at radius 2 is 2.12 bits per heavy atom. The van der Waals surface area contributed by atoms with Gasteiger partial charge in [0.25, 0.3) is 0 Å². The van der Waals surface area contributed by atoms with Crippen LogP contribution >= 0.6 is 0 Å². The number of aliphatic hydroxyl groups excluding tert-OH is 1. The summed E-state index contributed by atoms with van der Waals surface area (Å²) in [5, 5.41) is 21.6. The summed E-state index contributed by atoms with van der Waals surface area (Å²) in [6.07, 6.45) is 3.32. The van der Waals surface area contributed by atoms with E-state index in [2.05, 4.69) is 15.6 Å². The molecule has 1 saturated heterocycles. The van der Waals surface area contributed by atoms with Crippen molar-refractivity contribution in [2.75, 3.05) is 6.61 Å². The number of rotatable bonds is 6. The van der Waals surface area contributed by atoms with E-state index in [4.69, 9.17) is 4.74 Å². The average Bonchev–Trinajstić information content (AvgIpc) is 3.25. The van der Waals surface area contributed by atoms with Crippen LogP contribution in [0.1, 0.15) is 30.0 Å². The topological polar surface area (TPSA) is 72.2 Å². The number of benzene rings is 1. The van der Waals surface area contributed by atoms with Crippen LogP contribution in [-0.2, 0) is 17.8 Å². The summed E-state index contributed by atoms with van der Waals surface area (Å²) in [6, 6.07) is 3.45. The van der Waals surface area contributed by atoms with E-state index >= 15 is 0 Å². The maximum Gasteiger partial charge on any atom is 0.159 e. The normalized spacial score (nSPS) is 26.3. The third kappa shape index (κ3) is 3.70. The Morgan fingerprint density at radius 3 is 2.88 bits per heavy atom. The van der Waals surface area contributed by atoms with Crippen molar-refractivity contribution in [2.24, 2.45) is 0 Å². The lowest BCUT2D eigenvalue weighted by Gasteiger charge is -2.21. The average molecular weight is 350 g/mol. The van der Waals surface area contributed by atoms with Gasteiger partial charge in [-0.1, -0.05) is 11.3 Å². The van der Waals surface area contributed by atoms with Crippen LogP contribution in [0.15, 0.2) is 24.4 Å². The fourth-order valence-corrected chi connectivity index (χ4v) is 3.15. The number of ether oxygens (including phenoxy) is 1. The Bertz CT molecular complexity index is 750. The number of aromatic nitrogens is 3. The quantitative estimate of drug-likeness (QED) is 0.823. The van der Waals surface area contributed by atoms with Crippen molar-refractivity contribution in [3.05, 3.63) is 47.3 Å². The molecule has 0 unspecified atom stereocenters. The van der Waals surface area contributed by atoms with Crippen molar-refractivity contribution in [3.8, 4) is 0 Å². The molecule has 2 fully saturated rings. The Balaban J connectivity index is 1.38. The predicted molar refractivity (Wildman–Crippen MR) is 84.7 cm³/mol.